The molecular weight excluding hydrogens is 171 g/mol. The third kappa shape index (κ3) is 4.50. The normalized spacial score (nSPS) is 14.9. The van der Waals surface area contributed by atoms with Gasteiger partial charge in [-0.3, -0.25) is 13.6 Å². The Balaban J connectivity index is 3.79. The van der Waals surface area contributed by atoms with Gasteiger partial charge < -0.3 is 5.11 Å². The molecule has 1 N–H and O–H groups in total. The van der Waals surface area contributed by atoms with E-state index in [1.807, 2.05) is 0 Å². The molecule has 0 fully saturated rings. The molecule has 0 aromatic heterocycles. The van der Waals surface area contributed by atoms with Crippen LogP contribution in [0, 0.1) is 0 Å². The fraction of sp³-hybridized carbons (Fsp3) is 1.00. The highest BCUT2D eigenvalue weighted by atomic mass is 31.2. The fourth-order valence-corrected chi connectivity index (χ4v) is 1.14. The molecule has 0 radical (unpaired) electrons. The Morgan fingerprint density at radius 1 is 1.45 bits per heavy atom. The lowest BCUT2D eigenvalue weighted by molar-refractivity contribution is 0.0832. The van der Waals surface area contributed by atoms with E-state index in [1.165, 1.54) is 21.1 Å². The van der Waals surface area contributed by atoms with E-state index in [0.29, 0.717) is 0 Å². The topological polar surface area (TPSA) is 65.0 Å². The van der Waals surface area contributed by atoms with Crippen LogP contribution in [0.4, 0.5) is 0 Å². The van der Waals surface area contributed by atoms with Gasteiger partial charge in [0.05, 0.1) is 12.7 Å². The second-order valence-electron chi connectivity index (χ2n) is 1.96. The fourth-order valence-electron chi connectivity index (χ4n) is 0.379. The number of aliphatic hydroxyl groups excluding tert-OH is 1. The van der Waals surface area contributed by atoms with Crippen LogP contribution in [0.15, 0.2) is 0 Å². The van der Waals surface area contributed by atoms with E-state index in [4.69, 9.17) is 5.11 Å². The number of rotatable bonds is 5. The molecule has 0 aliphatic heterocycles. The van der Waals surface area contributed by atoms with Gasteiger partial charge in [-0.25, -0.2) is 4.57 Å². The lowest BCUT2D eigenvalue weighted by atomic mass is 10.5. The van der Waals surface area contributed by atoms with E-state index in [2.05, 4.69) is 13.6 Å². The summed E-state index contributed by atoms with van der Waals surface area (Å²) < 4.78 is 24.6. The maximum atomic E-state index is 11.1. The summed E-state index contributed by atoms with van der Waals surface area (Å²) >= 11 is 0. The Bertz CT molecular complexity index is 138. The molecule has 1 atom stereocenters. The Kier molecular flexibility index (Phi) is 4.88. The average molecular weight is 184 g/mol. The molecule has 0 saturated heterocycles. The molecule has 6 heteroatoms. The van der Waals surface area contributed by atoms with Crippen LogP contribution in [-0.2, 0) is 18.1 Å². The van der Waals surface area contributed by atoms with Crippen molar-refractivity contribution in [2.45, 2.75) is 13.0 Å². The predicted molar refractivity (Wildman–Crippen MR) is 39.3 cm³/mol. The molecule has 0 heterocycles. The molecule has 0 aromatic rings. The van der Waals surface area contributed by atoms with Crippen molar-refractivity contribution < 1.29 is 23.2 Å². The van der Waals surface area contributed by atoms with E-state index < -0.39 is 13.9 Å². The minimum atomic E-state index is -3.40. The number of aliphatic hydroxyl groups is 1. The van der Waals surface area contributed by atoms with E-state index >= 15 is 0 Å². The summed E-state index contributed by atoms with van der Waals surface area (Å²) in [6.45, 7) is 1.44. The Morgan fingerprint density at radius 2 is 1.91 bits per heavy atom. The monoisotopic (exact) mass is 184 g/mol. The molecule has 0 saturated carbocycles. The second kappa shape index (κ2) is 4.85. The molecule has 0 aliphatic rings. The summed E-state index contributed by atoms with van der Waals surface area (Å²) in [4.78, 5) is 0. The van der Waals surface area contributed by atoms with Gasteiger partial charge >= 0.3 is 7.82 Å². The van der Waals surface area contributed by atoms with Gasteiger partial charge in [-0.05, 0) is 6.92 Å². The van der Waals surface area contributed by atoms with Gasteiger partial charge in [0.1, 0.15) is 0 Å². The van der Waals surface area contributed by atoms with Crippen LogP contribution in [0.1, 0.15) is 6.92 Å². The van der Waals surface area contributed by atoms with E-state index in [-0.39, 0.29) is 6.61 Å². The van der Waals surface area contributed by atoms with Crippen LogP contribution in [0.2, 0.25) is 0 Å². The first-order chi connectivity index (χ1) is 5.04. The minimum absolute atomic E-state index is 0.0705. The van der Waals surface area contributed by atoms with Crippen molar-refractivity contribution in [1.82, 2.24) is 0 Å². The molecule has 0 aromatic carbocycles. The average Bonchev–Trinajstić information content (AvgIpc) is 2.00. The molecule has 0 rings (SSSR count). The van der Waals surface area contributed by atoms with Gasteiger partial charge in [-0.15, -0.1) is 0 Å². The maximum Gasteiger partial charge on any atom is 0.474 e. The van der Waals surface area contributed by atoms with Gasteiger partial charge in [0.25, 0.3) is 0 Å². The minimum Gasteiger partial charge on any atom is -0.391 e. The van der Waals surface area contributed by atoms with Crippen LogP contribution < -0.4 is 0 Å². The van der Waals surface area contributed by atoms with Crippen molar-refractivity contribution in [3.05, 3.63) is 0 Å². The maximum absolute atomic E-state index is 11.1. The molecule has 5 nitrogen and oxygen atoms in total. The lowest BCUT2D eigenvalue weighted by Gasteiger charge is -2.13. The van der Waals surface area contributed by atoms with Gasteiger partial charge in [-0.1, -0.05) is 0 Å². The second-order valence-corrected chi connectivity index (χ2v) is 3.84. The van der Waals surface area contributed by atoms with Crippen molar-refractivity contribution in [3.8, 4) is 0 Å². The van der Waals surface area contributed by atoms with Crippen LogP contribution >= 0.6 is 7.82 Å². The predicted octanol–water partition coefficient (Wildman–Crippen LogP) is 0.785. The molecular formula is C5H13O5P. The van der Waals surface area contributed by atoms with Crippen molar-refractivity contribution in [2.75, 3.05) is 20.8 Å². The molecule has 0 aliphatic carbocycles. The third-order valence-corrected chi connectivity index (χ3v) is 2.28. The van der Waals surface area contributed by atoms with Crippen LogP contribution in [0.5, 0.6) is 0 Å². The van der Waals surface area contributed by atoms with Gasteiger partial charge in [-0.2, -0.15) is 0 Å². The van der Waals surface area contributed by atoms with Crippen molar-refractivity contribution in [2.24, 2.45) is 0 Å². The van der Waals surface area contributed by atoms with Crippen LogP contribution in [-0.4, -0.2) is 32.0 Å². The first-order valence-electron chi connectivity index (χ1n) is 3.08. The van der Waals surface area contributed by atoms with E-state index in [0.717, 1.165) is 0 Å². The Labute approximate surface area is 65.9 Å². The highest BCUT2D eigenvalue weighted by molar-refractivity contribution is 7.48. The van der Waals surface area contributed by atoms with Crippen LogP contribution in [0.3, 0.4) is 0 Å². The Morgan fingerprint density at radius 3 is 2.18 bits per heavy atom. The first-order valence-corrected chi connectivity index (χ1v) is 4.54. The summed E-state index contributed by atoms with van der Waals surface area (Å²) in [7, 11) is -0.966. The molecule has 11 heavy (non-hydrogen) atoms. The zero-order valence-electron chi connectivity index (χ0n) is 6.81. The summed E-state index contributed by atoms with van der Waals surface area (Å²) in [5.74, 6) is 0. The van der Waals surface area contributed by atoms with Gasteiger partial charge in [0.2, 0.25) is 0 Å². The zero-order valence-corrected chi connectivity index (χ0v) is 7.71. The highest BCUT2D eigenvalue weighted by Crippen LogP contribution is 2.47. The summed E-state index contributed by atoms with van der Waals surface area (Å²) in [5.41, 5.74) is 0. The highest BCUT2D eigenvalue weighted by Gasteiger charge is 2.22. The molecule has 0 amide bonds. The largest absolute Gasteiger partial charge is 0.474 e. The van der Waals surface area contributed by atoms with Crippen molar-refractivity contribution >= 4 is 7.82 Å². The summed E-state index contributed by atoms with van der Waals surface area (Å²) in [6.07, 6.45) is -0.686. The number of phosphoric acid groups is 1. The zero-order chi connectivity index (χ0) is 8.91. The Hall–Kier alpha value is 0.0700. The van der Waals surface area contributed by atoms with Crippen LogP contribution in [0.25, 0.3) is 0 Å². The molecule has 68 valence electrons. The summed E-state index contributed by atoms with van der Waals surface area (Å²) in [5, 5.41) is 8.75. The standard InChI is InChI=1S/C5H13O5P/c1-5(6)4-10-11(7,8-2)9-3/h5-6H,4H2,1-3H3. The van der Waals surface area contributed by atoms with Crippen molar-refractivity contribution in [1.29, 1.82) is 0 Å². The smallest absolute Gasteiger partial charge is 0.391 e. The lowest BCUT2D eigenvalue weighted by Crippen LogP contribution is -2.10. The first kappa shape index (κ1) is 11.1. The van der Waals surface area contributed by atoms with E-state index in [1.54, 1.807) is 0 Å². The summed E-state index contributed by atoms with van der Waals surface area (Å²) in [6, 6.07) is 0. The molecule has 1 unspecified atom stereocenters. The number of hydrogen-bond donors (Lipinski definition) is 1. The molecule has 0 bridgehead atoms. The van der Waals surface area contributed by atoms with Gasteiger partial charge in [0, 0.05) is 14.2 Å². The molecule has 0 spiro atoms. The van der Waals surface area contributed by atoms with E-state index in [9.17, 15) is 4.57 Å². The number of hydrogen-bond acceptors (Lipinski definition) is 5. The SMILES string of the molecule is COP(=O)(OC)OCC(C)O. The number of phosphoric ester groups is 1. The third-order valence-electron chi connectivity index (χ3n) is 0.921. The quantitative estimate of drug-likeness (QED) is 0.639. The van der Waals surface area contributed by atoms with Crippen molar-refractivity contribution in [3.63, 3.8) is 0 Å². The van der Waals surface area contributed by atoms with Gasteiger partial charge in [0.15, 0.2) is 0 Å².